The Bertz CT molecular complexity index is 572. The lowest BCUT2D eigenvalue weighted by atomic mass is 10.1. The average Bonchev–Trinajstić information content (AvgIpc) is 3.19. The van der Waals surface area contributed by atoms with Gasteiger partial charge in [-0.25, -0.2) is 13.4 Å². The Morgan fingerprint density at radius 2 is 2.05 bits per heavy atom. The Balaban J connectivity index is 1.57. The van der Waals surface area contributed by atoms with Gasteiger partial charge >= 0.3 is 0 Å². The van der Waals surface area contributed by atoms with E-state index in [0.29, 0.717) is 25.6 Å². The van der Waals surface area contributed by atoms with Crippen molar-refractivity contribution in [3.63, 3.8) is 0 Å². The second-order valence-corrected chi connectivity index (χ2v) is 7.98. The van der Waals surface area contributed by atoms with Gasteiger partial charge in [0.05, 0.1) is 6.20 Å². The highest BCUT2D eigenvalue weighted by Crippen LogP contribution is 2.28. The third-order valence-corrected chi connectivity index (χ3v) is 6.21. The number of piperidine rings is 1. The van der Waals surface area contributed by atoms with E-state index < -0.39 is 10.0 Å². The first-order chi connectivity index (χ1) is 10.1. The number of nitrogens with zero attached hydrogens (tertiary/aromatic N) is 2. The lowest BCUT2D eigenvalue weighted by molar-refractivity contribution is 0.287. The first-order valence-electron chi connectivity index (χ1n) is 7.87. The Morgan fingerprint density at radius 1 is 1.33 bits per heavy atom. The van der Waals surface area contributed by atoms with Gasteiger partial charge in [0.2, 0.25) is 0 Å². The number of hydrogen-bond acceptors (Lipinski definition) is 4. The number of aryl methyl sites for hydroxylation is 1. The minimum absolute atomic E-state index is 0.226. The van der Waals surface area contributed by atoms with Crippen molar-refractivity contribution in [2.24, 2.45) is 5.92 Å². The molecule has 2 aliphatic rings. The van der Waals surface area contributed by atoms with E-state index in [4.69, 9.17) is 0 Å². The third kappa shape index (κ3) is 3.46. The quantitative estimate of drug-likeness (QED) is 0.825. The van der Waals surface area contributed by atoms with Gasteiger partial charge in [0.15, 0.2) is 5.03 Å². The number of rotatable bonds is 6. The summed E-state index contributed by atoms with van der Waals surface area (Å²) in [5.41, 5.74) is 0. The van der Waals surface area contributed by atoms with Crippen LogP contribution >= 0.6 is 0 Å². The number of aromatic amines is 1. The zero-order chi connectivity index (χ0) is 14.9. The predicted octanol–water partition coefficient (Wildman–Crippen LogP) is 1.12. The highest BCUT2D eigenvalue weighted by molar-refractivity contribution is 7.89. The van der Waals surface area contributed by atoms with Crippen LogP contribution in [0.2, 0.25) is 0 Å². The maximum absolute atomic E-state index is 12.5. The molecule has 1 aromatic rings. The van der Waals surface area contributed by atoms with Gasteiger partial charge in [-0.3, -0.25) is 0 Å². The van der Waals surface area contributed by atoms with E-state index >= 15 is 0 Å². The monoisotopic (exact) mass is 312 g/mol. The third-order valence-electron chi connectivity index (χ3n) is 4.40. The smallest absolute Gasteiger partial charge is 0.260 e. The fourth-order valence-corrected chi connectivity index (χ4v) is 4.15. The van der Waals surface area contributed by atoms with Crippen molar-refractivity contribution in [3.05, 3.63) is 12.0 Å². The number of imidazole rings is 1. The summed E-state index contributed by atoms with van der Waals surface area (Å²) >= 11 is 0. The summed E-state index contributed by atoms with van der Waals surface area (Å²) in [5.74, 6) is 1.58. The predicted molar refractivity (Wildman–Crippen MR) is 80.5 cm³/mol. The van der Waals surface area contributed by atoms with Crippen LogP contribution in [0.5, 0.6) is 0 Å². The van der Waals surface area contributed by atoms with Crippen LogP contribution in [0.15, 0.2) is 11.2 Å². The zero-order valence-electron chi connectivity index (χ0n) is 12.5. The van der Waals surface area contributed by atoms with E-state index in [0.717, 1.165) is 31.1 Å². The molecule has 1 saturated heterocycles. The topological polar surface area (TPSA) is 78.1 Å². The highest BCUT2D eigenvalue weighted by atomic mass is 32.2. The molecule has 0 spiro atoms. The van der Waals surface area contributed by atoms with Gasteiger partial charge in [-0.05, 0) is 38.1 Å². The van der Waals surface area contributed by atoms with Crippen LogP contribution in [0, 0.1) is 5.92 Å². The van der Waals surface area contributed by atoms with Gasteiger partial charge in [0.25, 0.3) is 10.0 Å². The van der Waals surface area contributed by atoms with E-state index in [1.807, 2.05) is 6.92 Å². The van der Waals surface area contributed by atoms with Crippen molar-refractivity contribution in [1.82, 2.24) is 19.6 Å². The molecule has 0 amide bonds. The van der Waals surface area contributed by atoms with Crippen LogP contribution in [-0.2, 0) is 16.4 Å². The average molecular weight is 312 g/mol. The van der Waals surface area contributed by atoms with E-state index in [1.54, 1.807) is 4.31 Å². The van der Waals surface area contributed by atoms with Crippen molar-refractivity contribution >= 4 is 10.0 Å². The molecule has 7 heteroatoms. The van der Waals surface area contributed by atoms with Crippen LogP contribution in [-0.4, -0.2) is 48.4 Å². The maximum Gasteiger partial charge on any atom is 0.260 e. The molecule has 0 unspecified atom stereocenters. The molecule has 1 aliphatic carbocycles. The summed E-state index contributed by atoms with van der Waals surface area (Å²) < 4.78 is 26.6. The van der Waals surface area contributed by atoms with Gasteiger partial charge in [-0.1, -0.05) is 6.92 Å². The van der Waals surface area contributed by atoms with E-state index in [9.17, 15) is 8.42 Å². The summed E-state index contributed by atoms with van der Waals surface area (Å²) in [6.45, 7) is 4.22. The normalized spacial score (nSPS) is 21.8. The van der Waals surface area contributed by atoms with Gasteiger partial charge in [-0.2, -0.15) is 4.31 Å². The van der Waals surface area contributed by atoms with Crippen molar-refractivity contribution in [3.8, 4) is 0 Å². The SMILES string of the molecule is CCc1ncc(S(=O)(=O)N2CCC(NCC3CC3)CC2)[nH]1. The van der Waals surface area contributed by atoms with Gasteiger partial charge in [0.1, 0.15) is 5.82 Å². The number of H-pyrrole nitrogens is 1. The number of nitrogens with one attached hydrogen (secondary N) is 2. The zero-order valence-corrected chi connectivity index (χ0v) is 13.3. The summed E-state index contributed by atoms with van der Waals surface area (Å²) in [5, 5.41) is 3.79. The molecule has 2 N–H and O–H groups in total. The minimum Gasteiger partial charge on any atom is -0.332 e. The molecule has 0 radical (unpaired) electrons. The number of hydrogen-bond donors (Lipinski definition) is 2. The fourth-order valence-electron chi connectivity index (χ4n) is 2.75. The van der Waals surface area contributed by atoms with E-state index in [1.165, 1.54) is 19.0 Å². The largest absolute Gasteiger partial charge is 0.332 e. The first kappa shape index (κ1) is 15.0. The Kier molecular flexibility index (Phi) is 4.33. The Labute approximate surface area is 126 Å². The summed E-state index contributed by atoms with van der Waals surface area (Å²) in [6.07, 6.45) is 6.62. The van der Waals surface area contributed by atoms with Crippen molar-refractivity contribution in [2.45, 2.75) is 50.1 Å². The van der Waals surface area contributed by atoms with Crippen molar-refractivity contribution < 1.29 is 8.42 Å². The molecule has 21 heavy (non-hydrogen) atoms. The van der Waals surface area contributed by atoms with Crippen molar-refractivity contribution in [2.75, 3.05) is 19.6 Å². The van der Waals surface area contributed by atoms with Crippen LogP contribution in [0.1, 0.15) is 38.4 Å². The molecule has 2 fully saturated rings. The number of sulfonamides is 1. The fraction of sp³-hybridized carbons (Fsp3) is 0.786. The second-order valence-electron chi connectivity index (χ2n) is 6.08. The van der Waals surface area contributed by atoms with Crippen LogP contribution < -0.4 is 5.32 Å². The van der Waals surface area contributed by atoms with E-state index in [-0.39, 0.29) is 5.03 Å². The lowest BCUT2D eigenvalue weighted by Crippen LogP contribution is -2.45. The minimum atomic E-state index is -3.41. The Hall–Kier alpha value is -0.920. The molecular formula is C14H24N4O2S. The molecule has 0 aromatic carbocycles. The molecule has 118 valence electrons. The maximum atomic E-state index is 12.5. The molecule has 3 rings (SSSR count). The number of aromatic nitrogens is 2. The molecule has 0 bridgehead atoms. The van der Waals surface area contributed by atoms with Gasteiger partial charge in [0, 0.05) is 25.6 Å². The molecule has 1 aromatic heterocycles. The van der Waals surface area contributed by atoms with Crippen LogP contribution in [0.4, 0.5) is 0 Å². The first-order valence-corrected chi connectivity index (χ1v) is 9.31. The lowest BCUT2D eigenvalue weighted by Gasteiger charge is -2.31. The molecule has 2 heterocycles. The standard InChI is InChI=1S/C14H24N4O2S/c1-2-13-16-10-14(17-13)21(19,20)18-7-5-12(6-8-18)15-9-11-3-4-11/h10-12,15H,2-9H2,1H3,(H,16,17). The van der Waals surface area contributed by atoms with Crippen LogP contribution in [0.25, 0.3) is 0 Å². The van der Waals surface area contributed by atoms with Gasteiger partial charge < -0.3 is 10.3 Å². The van der Waals surface area contributed by atoms with Crippen molar-refractivity contribution in [1.29, 1.82) is 0 Å². The Morgan fingerprint density at radius 3 is 2.62 bits per heavy atom. The summed E-state index contributed by atoms with van der Waals surface area (Å²) in [6, 6.07) is 0.463. The van der Waals surface area contributed by atoms with Crippen LogP contribution in [0.3, 0.4) is 0 Å². The molecule has 6 nitrogen and oxygen atoms in total. The molecule has 0 atom stereocenters. The molecular weight excluding hydrogens is 288 g/mol. The summed E-state index contributed by atoms with van der Waals surface area (Å²) in [4.78, 5) is 7.00. The second kappa shape index (κ2) is 6.06. The molecule has 1 aliphatic heterocycles. The van der Waals surface area contributed by atoms with E-state index in [2.05, 4.69) is 15.3 Å². The molecule has 1 saturated carbocycles. The summed E-state index contributed by atoms with van der Waals surface area (Å²) in [7, 11) is -3.41. The highest BCUT2D eigenvalue weighted by Gasteiger charge is 2.31. The van der Waals surface area contributed by atoms with Gasteiger partial charge in [-0.15, -0.1) is 0 Å².